The number of aromatic nitrogens is 4. The van der Waals surface area contributed by atoms with Gasteiger partial charge >= 0.3 is 0 Å². The van der Waals surface area contributed by atoms with Gasteiger partial charge in [0.25, 0.3) is 0 Å². The second-order valence-electron chi connectivity index (χ2n) is 8.73. The number of H-pyrrole nitrogens is 1. The monoisotopic (exact) mass is 457 g/mol. The summed E-state index contributed by atoms with van der Waals surface area (Å²) in [6.45, 7) is 2.81. The van der Waals surface area contributed by atoms with E-state index in [2.05, 4.69) is 42.6 Å². The van der Waals surface area contributed by atoms with Gasteiger partial charge in [0.15, 0.2) is 5.65 Å². The van der Waals surface area contributed by atoms with Crippen LogP contribution in [0.3, 0.4) is 0 Å². The molecule has 3 unspecified atom stereocenters. The fourth-order valence-corrected chi connectivity index (χ4v) is 4.66. The Bertz CT molecular complexity index is 1110. The van der Waals surface area contributed by atoms with Crippen molar-refractivity contribution in [2.75, 3.05) is 16.8 Å². The van der Waals surface area contributed by atoms with Crippen LogP contribution in [0.2, 0.25) is 5.02 Å². The number of anilines is 2. The van der Waals surface area contributed by atoms with E-state index >= 15 is 0 Å². The summed E-state index contributed by atoms with van der Waals surface area (Å²) in [6.07, 6.45) is 7.02. The molecule has 1 aliphatic heterocycles. The van der Waals surface area contributed by atoms with Crippen LogP contribution < -0.4 is 15.5 Å². The normalized spacial score (nSPS) is 22.0. The molecule has 1 saturated heterocycles. The zero-order valence-electron chi connectivity index (χ0n) is 17.7. The van der Waals surface area contributed by atoms with Crippen molar-refractivity contribution in [1.82, 2.24) is 25.5 Å². The first-order valence-corrected chi connectivity index (χ1v) is 11.3. The number of fused-ring (bicyclic) bond motifs is 1. The summed E-state index contributed by atoms with van der Waals surface area (Å²) in [5.74, 6) is 0.565. The van der Waals surface area contributed by atoms with Gasteiger partial charge in [-0.3, -0.25) is 9.89 Å². The molecule has 1 amide bonds. The first-order valence-electron chi connectivity index (χ1n) is 10.9. The number of hydrogen-bond donors (Lipinski definition) is 3. The number of hydrogen-bond acceptors (Lipinski definition) is 6. The number of nitrogens with zero attached hydrogens (tertiary/aromatic N) is 4. The second-order valence-corrected chi connectivity index (χ2v) is 9.17. The zero-order valence-corrected chi connectivity index (χ0v) is 18.4. The lowest BCUT2D eigenvalue weighted by molar-refractivity contribution is -0.123. The van der Waals surface area contributed by atoms with Crippen LogP contribution in [0.15, 0.2) is 30.7 Å². The average Bonchev–Trinajstić information content (AvgIpc) is 3.48. The Morgan fingerprint density at radius 1 is 1.25 bits per heavy atom. The van der Waals surface area contributed by atoms with Gasteiger partial charge in [-0.05, 0) is 56.7 Å². The molecule has 0 bridgehead atoms. The van der Waals surface area contributed by atoms with Gasteiger partial charge in [-0.25, -0.2) is 14.4 Å². The van der Waals surface area contributed by atoms with Gasteiger partial charge < -0.3 is 15.5 Å². The van der Waals surface area contributed by atoms with Gasteiger partial charge in [0.05, 0.1) is 11.6 Å². The Balaban J connectivity index is 1.30. The molecular weight excluding hydrogens is 433 g/mol. The highest BCUT2D eigenvalue weighted by atomic mass is 35.5. The van der Waals surface area contributed by atoms with Crippen LogP contribution in [0.1, 0.15) is 32.6 Å². The molecule has 0 spiro atoms. The molecule has 168 valence electrons. The van der Waals surface area contributed by atoms with Crippen molar-refractivity contribution >= 4 is 40.0 Å². The Hall–Kier alpha value is -2.94. The zero-order chi connectivity index (χ0) is 22.2. The maximum absolute atomic E-state index is 13.7. The van der Waals surface area contributed by atoms with Crippen LogP contribution in [0.5, 0.6) is 0 Å². The highest BCUT2D eigenvalue weighted by molar-refractivity contribution is 6.30. The third kappa shape index (κ3) is 4.34. The van der Waals surface area contributed by atoms with E-state index in [0.717, 1.165) is 36.9 Å². The molecule has 10 heteroatoms. The van der Waals surface area contributed by atoms with Crippen molar-refractivity contribution < 1.29 is 9.18 Å². The van der Waals surface area contributed by atoms with Gasteiger partial charge in [0.1, 0.15) is 24.0 Å². The first-order chi connectivity index (χ1) is 15.5. The second kappa shape index (κ2) is 8.54. The molecule has 3 atom stereocenters. The van der Waals surface area contributed by atoms with E-state index in [0.29, 0.717) is 22.9 Å². The molecule has 5 rings (SSSR count). The van der Waals surface area contributed by atoms with Gasteiger partial charge in [0.2, 0.25) is 5.91 Å². The van der Waals surface area contributed by atoms with E-state index in [4.69, 9.17) is 11.6 Å². The molecule has 2 aliphatic rings. The van der Waals surface area contributed by atoms with E-state index in [1.165, 1.54) is 18.5 Å². The Morgan fingerprint density at radius 2 is 2.09 bits per heavy atom. The predicted octanol–water partition coefficient (Wildman–Crippen LogP) is 3.51. The Kier molecular flexibility index (Phi) is 5.58. The molecule has 3 heterocycles. The van der Waals surface area contributed by atoms with Crippen molar-refractivity contribution in [3.63, 3.8) is 0 Å². The molecule has 0 radical (unpaired) electrons. The number of carbonyl (C=O) groups excluding carboxylic acids is 1. The van der Waals surface area contributed by atoms with E-state index < -0.39 is 11.9 Å². The quantitative estimate of drug-likeness (QED) is 0.524. The summed E-state index contributed by atoms with van der Waals surface area (Å²) in [4.78, 5) is 24.1. The topological polar surface area (TPSA) is 98.8 Å². The van der Waals surface area contributed by atoms with E-state index in [1.54, 1.807) is 12.3 Å². The molecule has 1 saturated carbocycles. The summed E-state index contributed by atoms with van der Waals surface area (Å²) in [6, 6.07) is 4.10. The third-order valence-electron chi connectivity index (χ3n) is 6.29. The average molecular weight is 458 g/mol. The maximum Gasteiger partial charge on any atom is 0.243 e. The molecule has 1 aromatic carbocycles. The number of nitrogens with one attached hydrogen (secondary N) is 3. The molecule has 8 nitrogen and oxygen atoms in total. The fraction of sp³-hybridized carbons (Fsp3) is 0.455. The first kappa shape index (κ1) is 20.9. The minimum atomic E-state index is -0.428. The smallest absolute Gasteiger partial charge is 0.243 e. The van der Waals surface area contributed by atoms with Gasteiger partial charge in [0, 0.05) is 29.3 Å². The van der Waals surface area contributed by atoms with Crippen molar-refractivity contribution in [1.29, 1.82) is 0 Å². The molecule has 2 fully saturated rings. The number of halogens is 2. The van der Waals surface area contributed by atoms with Gasteiger partial charge in [-0.2, -0.15) is 5.10 Å². The van der Waals surface area contributed by atoms with E-state index in [9.17, 15) is 9.18 Å². The summed E-state index contributed by atoms with van der Waals surface area (Å²) < 4.78 is 13.7. The summed E-state index contributed by atoms with van der Waals surface area (Å²) >= 11 is 5.98. The molecule has 3 N–H and O–H groups in total. The van der Waals surface area contributed by atoms with E-state index in [1.807, 2.05) is 0 Å². The molecule has 32 heavy (non-hydrogen) atoms. The number of benzene rings is 1. The van der Waals surface area contributed by atoms with Crippen LogP contribution in [0, 0.1) is 11.7 Å². The summed E-state index contributed by atoms with van der Waals surface area (Å²) in [5.41, 5.74) is 1.21. The lowest BCUT2D eigenvalue weighted by Gasteiger charge is -2.39. The molecular formula is C22H25ClFN7O. The van der Waals surface area contributed by atoms with Crippen molar-refractivity contribution in [3.05, 3.63) is 41.6 Å². The third-order valence-corrected chi connectivity index (χ3v) is 6.51. The number of rotatable bonds is 6. The van der Waals surface area contributed by atoms with Gasteiger partial charge in [-0.15, -0.1) is 0 Å². The Morgan fingerprint density at radius 3 is 2.88 bits per heavy atom. The van der Waals surface area contributed by atoms with Crippen LogP contribution in [0.25, 0.3) is 11.0 Å². The highest BCUT2D eigenvalue weighted by Gasteiger charge is 2.38. The van der Waals surface area contributed by atoms with Crippen LogP contribution in [-0.2, 0) is 4.79 Å². The number of amides is 1. The standard InChI is InChI=1S/C22H25ClFN7O/c1-12-2-5-16(10-31(12)21-18-9-27-30-20(18)25-11-26-21)29-22(32)19(13-3-4-13)28-17-7-14(23)6-15(24)8-17/h6-9,11-13,16,19,28H,2-5,10H2,1H3,(H,29,32)(H,25,26,27,30). The lowest BCUT2D eigenvalue weighted by Crippen LogP contribution is -2.54. The van der Waals surface area contributed by atoms with Crippen LogP contribution in [-0.4, -0.2) is 50.7 Å². The lowest BCUT2D eigenvalue weighted by atomic mass is 9.98. The van der Waals surface area contributed by atoms with Gasteiger partial charge in [-0.1, -0.05) is 11.6 Å². The fourth-order valence-electron chi connectivity index (χ4n) is 4.44. The molecule has 2 aromatic heterocycles. The SMILES string of the molecule is CC1CCC(NC(=O)C(Nc2cc(F)cc(Cl)c2)C2CC2)CN1c1ncnc2[nH]ncc12. The summed E-state index contributed by atoms with van der Waals surface area (Å²) in [7, 11) is 0. The number of carbonyl (C=O) groups is 1. The predicted molar refractivity (Wildman–Crippen MR) is 121 cm³/mol. The number of aromatic amines is 1. The van der Waals surface area contributed by atoms with Crippen molar-refractivity contribution in [2.24, 2.45) is 5.92 Å². The molecule has 3 aromatic rings. The highest BCUT2D eigenvalue weighted by Crippen LogP contribution is 2.35. The Labute approximate surface area is 189 Å². The van der Waals surface area contributed by atoms with Crippen molar-refractivity contribution in [3.8, 4) is 0 Å². The minimum Gasteiger partial charge on any atom is -0.373 e. The van der Waals surface area contributed by atoms with E-state index in [-0.39, 0.29) is 23.9 Å². The largest absolute Gasteiger partial charge is 0.373 e. The minimum absolute atomic E-state index is 0.0187. The maximum atomic E-state index is 13.7. The number of piperidine rings is 1. The van der Waals surface area contributed by atoms with Crippen LogP contribution in [0.4, 0.5) is 15.9 Å². The van der Waals surface area contributed by atoms with Crippen molar-refractivity contribution in [2.45, 2.75) is 50.7 Å². The van der Waals surface area contributed by atoms with Crippen LogP contribution >= 0.6 is 11.6 Å². The molecule has 1 aliphatic carbocycles. The summed E-state index contributed by atoms with van der Waals surface area (Å²) in [5, 5.41) is 14.5.